The van der Waals surface area contributed by atoms with Gasteiger partial charge in [-0.2, -0.15) is 0 Å². The van der Waals surface area contributed by atoms with Crippen molar-refractivity contribution in [3.8, 4) is 0 Å². The van der Waals surface area contributed by atoms with Gasteiger partial charge in [0.15, 0.2) is 0 Å². The maximum atomic E-state index is 3.46. The molecule has 2 heteroatoms. The number of nitrogens with one attached hydrogen (secondary N) is 1. The second kappa shape index (κ2) is 6.10. The minimum atomic E-state index is 0.719. The first-order chi connectivity index (χ1) is 6.74. The Labute approximate surface area is 91.3 Å². The molecular weight excluding hydrogens is 190 g/mol. The van der Waals surface area contributed by atoms with E-state index in [0.29, 0.717) is 0 Å². The summed E-state index contributed by atoms with van der Waals surface area (Å²) < 4.78 is 0. The molecular formula is C12H19NS. The van der Waals surface area contributed by atoms with E-state index in [0.717, 1.165) is 19.0 Å². The van der Waals surface area contributed by atoms with Crippen LogP contribution in [0.15, 0.2) is 29.2 Å². The van der Waals surface area contributed by atoms with Crippen LogP contribution in [0.2, 0.25) is 0 Å². The fraction of sp³-hybridized carbons (Fsp3) is 0.500. The summed E-state index contributed by atoms with van der Waals surface area (Å²) in [6.07, 6.45) is 2.13. The normalized spacial score (nSPS) is 10.9. The van der Waals surface area contributed by atoms with Crippen molar-refractivity contribution in [2.24, 2.45) is 5.92 Å². The lowest BCUT2D eigenvalue weighted by Crippen LogP contribution is -2.19. The summed E-state index contributed by atoms with van der Waals surface area (Å²) in [5, 5.41) is 3.46. The first kappa shape index (κ1) is 11.6. The number of thioether (sulfide) groups is 1. The van der Waals surface area contributed by atoms with Gasteiger partial charge in [-0.1, -0.05) is 32.0 Å². The molecule has 78 valence electrons. The SMILES string of the molecule is CSc1ccccc1CNCC(C)C. The van der Waals surface area contributed by atoms with Gasteiger partial charge in [0.1, 0.15) is 0 Å². The molecule has 1 aromatic carbocycles. The monoisotopic (exact) mass is 209 g/mol. The Kier molecular flexibility index (Phi) is 5.05. The summed E-state index contributed by atoms with van der Waals surface area (Å²) in [5.41, 5.74) is 1.40. The molecule has 14 heavy (non-hydrogen) atoms. The van der Waals surface area contributed by atoms with Crippen molar-refractivity contribution in [1.29, 1.82) is 0 Å². The molecule has 0 atom stereocenters. The standard InChI is InChI=1S/C12H19NS/c1-10(2)8-13-9-11-6-4-5-7-12(11)14-3/h4-7,10,13H,8-9H2,1-3H3. The molecule has 0 unspecified atom stereocenters. The van der Waals surface area contributed by atoms with E-state index in [-0.39, 0.29) is 0 Å². The zero-order valence-electron chi connectivity index (χ0n) is 9.21. The maximum Gasteiger partial charge on any atom is 0.0216 e. The molecule has 0 radical (unpaired) electrons. The molecule has 0 aliphatic rings. The van der Waals surface area contributed by atoms with Gasteiger partial charge in [0.2, 0.25) is 0 Å². The van der Waals surface area contributed by atoms with Gasteiger partial charge in [-0.25, -0.2) is 0 Å². The van der Waals surface area contributed by atoms with Crippen molar-refractivity contribution in [1.82, 2.24) is 5.32 Å². The van der Waals surface area contributed by atoms with Gasteiger partial charge in [-0.15, -0.1) is 11.8 Å². The summed E-state index contributed by atoms with van der Waals surface area (Å²) in [4.78, 5) is 1.38. The fourth-order valence-electron chi connectivity index (χ4n) is 1.34. The highest BCUT2D eigenvalue weighted by Crippen LogP contribution is 2.19. The van der Waals surface area contributed by atoms with Crippen LogP contribution >= 0.6 is 11.8 Å². The van der Waals surface area contributed by atoms with E-state index < -0.39 is 0 Å². The summed E-state index contributed by atoms with van der Waals surface area (Å²) in [5.74, 6) is 0.719. The number of hydrogen-bond donors (Lipinski definition) is 1. The van der Waals surface area contributed by atoms with Gasteiger partial charge in [0.25, 0.3) is 0 Å². The lowest BCUT2D eigenvalue weighted by molar-refractivity contribution is 0.550. The van der Waals surface area contributed by atoms with Crippen LogP contribution in [0.3, 0.4) is 0 Å². The van der Waals surface area contributed by atoms with Gasteiger partial charge in [-0.3, -0.25) is 0 Å². The largest absolute Gasteiger partial charge is 0.312 e. The van der Waals surface area contributed by atoms with Crippen LogP contribution in [0, 0.1) is 5.92 Å². The van der Waals surface area contributed by atoms with E-state index in [1.54, 1.807) is 0 Å². The topological polar surface area (TPSA) is 12.0 Å². The Bertz CT molecular complexity index is 271. The minimum absolute atomic E-state index is 0.719. The van der Waals surface area contributed by atoms with E-state index in [1.165, 1.54) is 10.5 Å². The lowest BCUT2D eigenvalue weighted by Gasteiger charge is -2.10. The Balaban J connectivity index is 2.49. The Morgan fingerprint density at radius 2 is 2.00 bits per heavy atom. The Hall–Kier alpha value is -0.470. The molecule has 1 rings (SSSR count). The summed E-state index contributed by atoms with van der Waals surface area (Å²) in [6, 6.07) is 8.57. The third-order valence-corrected chi connectivity index (χ3v) is 2.90. The Morgan fingerprint density at radius 3 is 2.64 bits per heavy atom. The van der Waals surface area contributed by atoms with Crippen molar-refractivity contribution >= 4 is 11.8 Å². The van der Waals surface area contributed by atoms with Crippen LogP contribution in [-0.4, -0.2) is 12.8 Å². The smallest absolute Gasteiger partial charge is 0.0216 e. The van der Waals surface area contributed by atoms with Crippen LogP contribution in [0.4, 0.5) is 0 Å². The summed E-state index contributed by atoms with van der Waals surface area (Å²) >= 11 is 1.81. The molecule has 0 saturated heterocycles. The zero-order valence-corrected chi connectivity index (χ0v) is 10.0. The minimum Gasteiger partial charge on any atom is -0.312 e. The van der Waals surface area contributed by atoms with Crippen LogP contribution < -0.4 is 5.32 Å². The van der Waals surface area contributed by atoms with Crippen molar-refractivity contribution in [3.05, 3.63) is 29.8 Å². The third kappa shape index (κ3) is 3.72. The average Bonchev–Trinajstić information content (AvgIpc) is 2.18. The molecule has 0 spiro atoms. The van der Waals surface area contributed by atoms with Gasteiger partial charge in [-0.05, 0) is 30.3 Å². The fourth-order valence-corrected chi connectivity index (χ4v) is 1.96. The summed E-state index contributed by atoms with van der Waals surface area (Å²) in [6.45, 7) is 6.53. The second-order valence-corrected chi connectivity index (χ2v) is 4.68. The third-order valence-electron chi connectivity index (χ3n) is 2.06. The predicted octanol–water partition coefficient (Wildman–Crippen LogP) is 3.15. The molecule has 1 aromatic rings. The van der Waals surface area contributed by atoms with Crippen molar-refractivity contribution in [2.45, 2.75) is 25.3 Å². The first-order valence-electron chi connectivity index (χ1n) is 5.06. The predicted molar refractivity (Wildman–Crippen MR) is 64.8 cm³/mol. The first-order valence-corrected chi connectivity index (χ1v) is 6.29. The molecule has 0 heterocycles. The molecule has 1 N–H and O–H groups in total. The highest BCUT2D eigenvalue weighted by Gasteiger charge is 1.99. The van der Waals surface area contributed by atoms with E-state index >= 15 is 0 Å². The maximum absolute atomic E-state index is 3.46. The van der Waals surface area contributed by atoms with Gasteiger partial charge in [0.05, 0.1) is 0 Å². The number of rotatable bonds is 5. The van der Waals surface area contributed by atoms with Crippen LogP contribution in [0.1, 0.15) is 19.4 Å². The lowest BCUT2D eigenvalue weighted by atomic mass is 10.2. The second-order valence-electron chi connectivity index (χ2n) is 3.84. The van der Waals surface area contributed by atoms with Crippen LogP contribution in [0.5, 0.6) is 0 Å². The highest BCUT2D eigenvalue weighted by atomic mass is 32.2. The highest BCUT2D eigenvalue weighted by molar-refractivity contribution is 7.98. The number of hydrogen-bond acceptors (Lipinski definition) is 2. The van der Waals surface area contributed by atoms with Crippen molar-refractivity contribution in [3.63, 3.8) is 0 Å². The molecule has 0 saturated carbocycles. The molecule has 0 aliphatic heterocycles. The molecule has 0 amide bonds. The molecule has 0 bridgehead atoms. The molecule has 1 nitrogen and oxygen atoms in total. The average molecular weight is 209 g/mol. The zero-order chi connectivity index (χ0) is 10.4. The van der Waals surface area contributed by atoms with Crippen molar-refractivity contribution in [2.75, 3.05) is 12.8 Å². The Morgan fingerprint density at radius 1 is 1.29 bits per heavy atom. The van der Waals surface area contributed by atoms with E-state index in [1.807, 2.05) is 11.8 Å². The molecule has 0 aromatic heterocycles. The van der Waals surface area contributed by atoms with Crippen LogP contribution in [-0.2, 0) is 6.54 Å². The van der Waals surface area contributed by atoms with E-state index in [2.05, 4.69) is 49.7 Å². The van der Waals surface area contributed by atoms with Gasteiger partial charge < -0.3 is 5.32 Å². The molecule has 0 aliphatic carbocycles. The van der Waals surface area contributed by atoms with Gasteiger partial charge in [0, 0.05) is 11.4 Å². The van der Waals surface area contributed by atoms with Gasteiger partial charge >= 0.3 is 0 Å². The van der Waals surface area contributed by atoms with E-state index in [9.17, 15) is 0 Å². The van der Waals surface area contributed by atoms with E-state index in [4.69, 9.17) is 0 Å². The summed E-state index contributed by atoms with van der Waals surface area (Å²) in [7, 11) is 0. The quantitative estimate of drug-likeness (QED) is 0.748. The van der Waals surface area contributed by atoms with Crippen LogP contribution in [0.25, 0.3) is 0 Å². The van der Waals surface area contributed by atoms with Crippen molar-refractivity contribution < 1.29 is 0 Å². The molecule has 0 fully saturated rings. The number of benzene rings is 1.